The van der Waals surface area contributed by atoms with Gasteiger partial charge < -0.3 is 10.2 Å². The van der Waals surface area contributed by atoms with Crippen LogP contribution in [0.15, 0.2) is 0 Å². The van der Waals surface area contributed by atoms with E-state index in [-0.39, 0.29) is 0 Å². The van der Waals surface area contributed by atoms with Crippen LogP contribution in [0.3, 0.4) is 0 Å². The minimum Gasteiger partial charge on any atom is -0.305 e. The second-order valence-corrected chi connectivity index (χ2v) is 2.93. The van der Waals surface area contributed by atoms with Gasteiger partial charge in [0, 0.05) is 13.1 Å². The smallest absolute Gasteiger partial charge is 0.0574 e. The Bertz CT molecular complexity index is 131. The molecule has 11 heavy (non-hydrogen) atoms. The standard InChI is InChI=1S/C9H16N2/c1-2-5-10-6-9-11-7-3-4-8-11/h1,10H,3-9H2. The maximum absolute atomic E-state index is 5.10. The van der Waals surface area contributed by atoms with E-state index in [1.165, 1.54) is 25.9 Å². The largest absolute Gasteiger partial charge is 0.305 e. The Morgan fingerprint density at radius 3 is 2.73 bits per heavy atom. The Labute approximate surface area is 69.0 Å². The van der Waals surface area contributed by atoms with E-state index in [1.807, 2.05) is 0 Å². The van der Waals surface area contributed by atoms with Crippen molar-refractivity contribution >= 4 is 0 Å². The fraction of sp³-hybridized carbons (Fsp3) is 0.778. The average Bonchev–Trinajstić information content (AvgIpc) is 2.50. The maximum atomic E-state index is 5.10. The predicted octanol–water partition coefficient (Wildman–Crippen LogP) is 0.305. The molecule has 0 radical (unpaired) electrons. The summed E-state index contributed by atoms with van der Waals surface area (Å²) >= 11 is 0. The first-order valence-electron chi connectivity index (χ1n) is 4.30. The first-order valence-corrected chi connectivity index (χ1v) is 4.30. The molecule has 0 saturated carbocycles. The summed E-state index contributed by atoms with van der Waals surface area (Å²) in [6.07, 6.45) is 7.84. The molecule has 1 saturated heterocycles. The number of nitrogens with one attached hydrogen (secondary N) is 1. The van der Waals surface area contributed by atoms with Crippen molar-refractivity contribution in [3.63, 3.8) is 0 Å². The maximum Gasteiger partial charge on any atom is 0.0574 e. The number of hydrogen-bond donors (Lipinski definition) is 1. The third-order valence-corrected chi connectivity index (χ3v) is 2.03. The highest BCUT2D eigenvalue weighted by molar-refractivity contribution is 4.86. The van der Waals surface area contributed by atoms with E-state index in [0.29, 0.717) is 6.54 Å². The van der Waals surface area contributed by atoms with Gasteiger partial charge in [0.2, 0.25) is 0 Å². The van der Waals surface area contributed by atoms with Crippen LogP contribution in [0.25, 0.3) is 0 Å². The molecular weight excluding hydrogens is 136 g/mol. The van der Waals surface area contributed by atoms with E-state index in [2.05, 4.69) is 16.1 Å². The molecule has 1 N–H and O–H groups in total. The van der Waals surface area contributed by atoms with Crippen LogP contribution in [0.2, 0.25) is 0 Å². The van der Waals surface area contributed by atoms with Crippen molar-refractivity contribution < 1.29 is 0 Å². The van der Waals surface area contributed by atoms with E-state index in [9.17, 15) is 0 Å². The van der Waals surface area contributed by atoms with Gasteiger partial charge in [0.15, 0.2) is 0 Å². The van der Waals surface area contributed by atoms with Crippen LogP contribution in [-0.2, 0) is 0 Å². The summed E-state index contributed by atoms with van der Waals surface area (Å²) in [5.74, 6) is 2.56. The number of terminal acetylenes is 1. The Balaban J connectivity index is 1.90. The molecule has 0 aromatic heterocycles. The lowest BCUT2D eigenvalue weighted by molar-refractivity contribution is 0.338. The molecule has 1 heterocycles. The fourth-order valence-electron chi connectivity index (χ4n) is 1.40. The van der Waals surface area contributed by atoms with E-state index in [1.54, 1.807) is 0 Å². The zero-order valence-electron chi connectivity index (χ0n) is 6.97. The zero-order chi connectivity index (χ0) is 7.94. The minimum absolute atomic E-state index is 0.702. The third kappa shape index (κ3) is 3.41. The van der Waals surface area contributed by atoms with Crippen LogP contribution in [0.4, 0.5) is 0 Å². The van der Waals surface area contributed by atoms with Crippen molar-refractivity contribution in [1.82, 2.24) is 10.2 Å². The monoisotopic (exact) mass is 152 g/mol. The highest BCUT2D eigenvalue weighted by atomic mass is 15.1. The van der Waals surface area contributed by atoms with Crippen LogP contribution < -0.4 is 5.32 Å². The highest BCUT2D eigenvalue weighted by Gasteiger charge is 2.09. The van der Waals surface area contributed by atoms with Gasteiger partial charge in [0.05, 0.1) is 6.54 Å². The van der Waals surface area contributed by atoms with Crippen molar-refractivity contribution in [2.24, 2.45) is 0 Å². The number of nitrogens with zero attached hydrogens (tertiary/aromatic N) is 1. The summed E-state index contributed by atoms with van der Waals surface area (Å²) < 4.78 is 0. The molecule has 2 nitrogen and oxygen atoms in total. The quantitative estimate of drug-likeness (QED) is 0.460. The Morgan fingerprint density at radius 1 is 1.36 bits per heavy atom. The van der Waals surface area contributed by atoms with Crippen LogP contribution in [-0.4, -0.2) is 37.6 Å². The Hall–Kier alpha value is -0.520. The number of rotatable bonds is 4. The van der Waals surface area contributed by atoms with Gasteiger partial charge in [0.1, 0.15) is 0 Å². The van der Waals surface area contributed by atoms with Gasteiger partial charge in [-0.2, -0.15) is 0 Å². The topological polar surface area (TPSA) is 15.3 Å². The Kier molecular flexibility index (Phi) is 4.03. The molecule has 0 unspecified atom stereocenters. The SMILES string of the molecule is C#CCNCCN1CCCC1. The predicted molar refractivity (Wildman–Crippen MR) is 47.4 cm³/mol. The van der Waals surface area contributed by atoms with Gasteiger partial charge in [0.25, 0.3) is 0 Å². The van der Waals surface area contributed by atoms with Gasteiger partial charge >= 0.3 is 0 Å². The van der Waals surface area contributed by atoms with Gasteiger partial charge in [-0.05, 0) is 25.9 Å². The van der Waals surface area contributed by atoms with Crippen LogP contribution in [0.1, 0.15) is 12.8 Å². The highest BCUT2D eigenvalue weighted by Crippen LogP contribution is 2.05. The van der Waals surface area contributed by atoms with Gasteiger partial charge in [-0.3, -0.25) is 0 Å². The molecule has 1 aliphatic rings. The Morgan fingerprint density at radius 2 is 2.09 bits per heavy atom. The molecular formula is C9H16N2. The first-order chi connectivity index (χ1) is 5.43. The lowest BCUT2D eigenvalue weighted by atomic mass is 10.4. The van der Waals surface area contributed by atoms with Crippen molar-refractivity contribution in [3.8, 4) is 12.3 Å². The van der Waals surface area contributed by atoms with Crippen molar-refractivity contribution in [2.75, 3.05) is 32.7 Å². The molecule has 2 heteroatoms. The summed E-state index contributed by atoms with van der Waals surface area (Å²) in [4.78, 5) is 2.48. The molecule has 0 aliphatic carbocycles. The summed E-state index contributed by atoms with van der Waals surface area (Å²) in [6.45, 7) is 5.44. The fourth-order valence-corrected chi connectivity index (χ4v) is 1.40. The third-order valence-electron chi connectivity index (χ3n) is 2.03. The normalized spacial score (nSPS) is 18.5. The summed E-state index contributed by atoms with van der Waals surface area (Å²) in [6, 6.07) is 0. The molecule has 1 fully saturated rings. The van der Waals surface area contributed by atoms with Crippen LogP contribution >= 0.6 is 0 Å². The minimum atomic E-state index is 0.702. The van der Waals surface area contributed by atoms with E-state index in [4.69, 9.17) is 6.42 Å². The van der Waals surface area contributed by atoms with E-state index in [0.717, 1.165) is 13.1 Å². The molecule has 62 valence electrons. The van der Waals surface area contributed by atoms with E-state index >= 15 is 0 Å². The van der Waals surface area contributed by atoms with Crippen molar-refractivity contribution in [2.45, 2.75) is 12.8 Å². The zero-order valence-corrected chi connectivity index (χ0v) is 6.97. The molecule has 0 atom stereocenters. The lowest BCUT2D eigenvalue weighted by Gasteiger charge is -2.13. The van der Waals surface area contributed by atoms with Crippen LogP contribution in [0.5, 0.6) is 0 Å². The molecule has 0 bridgehead atoms. The van der Waals surface area contributed by atoms with Gasteiger partial charge in [-0.15, -0.1) is 6.42 Å². The number of hydrogen-bond acceptors (Lipinski definition) is 2. The average molecular weight is 152 g/mol. The molecule has 1 aliphatic heterocycles. The second kappa shape index (κ2) is 5.17. The van der Waals surface area contributed by atoms with Crippen LogP contribution in [0, 0.1) is 12.3 Å². The number of likely N-dealkylation sites (tertiary alicyclic amines) is 1. The molecule has 1 rings (SSSR count). The van der Waals surface area contributed by atoms with Gasteiger partial charge in [-0.25, -0.2) is 0 Å². The molecule has 0 aromatic carbocycles. The summed E-state index contributed by atoms with van der Waals surface area (Å²) in [5.41, 5.74) is 0. The van der Waals surface area contributed by atoms with Gasteiger partial charge in [-0.1, -0.05) is 5.92 Å². The molecule has 0 spiro atoms. The first kappa shape index (κ1) is 8.58. The molecule has 0 amide bonds. The second-order valence-electron chi connectivity index (χ2n) is 2.93. The van der Waals surface area contributed by atoms with Crippen molar-refractivity contribution in [1.29, 1.82) is 0 Å². The van der Waals surface area contributed by atoms with Crippen molar-refractivity contribution in [3.05, 3.63) is 0 Å². The summed E-state index contributed by atoms with van der Waals surface area (Å²) in [7, 11) is 0. The molecule has 0 aromatic rings. The lowest BCUT2D eigenvalue weighted by Crippen LogP contribution is -2.30. The van der Waals surface area contributed by atoms with E-state index < -0.39 is 0 Å². The summed E-state index contributed by atoms with van der Waals surface area (Å²) in [5, 5.41) is 3.18.